The maximum Gasteiger partial charge on any atom is 0.0448 e. The van der Waals surface area contributed by atoms with Crippen LogP contribution in [0.4, 0.5) is 0 Å². The Balaban J connectivity index is 2.00. The first-order valence-corrected chi connectivity index (χ1v) is 8.76. The third-order valence-corrected chi connectivity index (χ3v) is 5.94. The number of benzene rings is 1. The topological polar surface area (TPSA) is 26.0 Å². The molecule has 1 fully saturated rings. The van der Waals surface area contributed by atoms with E-state index in [4.69, 9.17) is 17.3 Å². The fraction of sp³-hybridized carbons (Fsp3) is 0.625. The summed E-state index contributed by atoms with van der Waals surface area (Å²) in [5.41, 5.74) is 7.64. The van der Waals surface area contributed by atoms with E-state index >= 15 is 0 Å². The van der Waals surface area contributed by atoms with E-state index in [1.807, 2.05) is 23.9 Å². The minimum absolute atomic E-state index is 0.229. The quantitative estimate of drug-likeness (QED) is 0.796. The summed E-state index contributed by atoms with van der Waals surface area (Å²) in [6.07, 6.45) is 6.65. The van der Waals surface area contributed by atoms with Crippen LogP contribution in [0.1, 0.15) is 49.8 Å². The first-order chi connectivity index (χ1) is 9.20. The summed E-state index contributed by atoms with van der Waals surface area (Å²) in [6, 6.07) is 8.44. The molecule has 2 rings (SSSR count). The number of nitrogens with two attached hydrogens (primary N) is 1. The lowest BCUT2D eigenvalue weighted by atomic mass is 10.0. The molecule has 2 unspecified atom stereocenters. The van der Waals surface area contributed by atoms with Crippen molar-refractivity contribution in [3.05, 3.63) is 34.9 Å². The maximum absolute atomic E-state index is 6.32. The van der Waals surface area contributed by atoms with Gasteiger partial charge in [0.15, 0.2) is 0 Å². The van der Waals surface area contributed by atoms with Crippen molar-refractivity contribution in [2.45, 2.75) is 50.3 Å². The van der Waals surface area contributed by atoms with Gasteiger partial charge < -0.3 is 5.73 Å². The Kier molecular flexibility index (Phi) is 6.06. The fourth-order valence-electron chi connectivity index (χ4n) is 2.75. The largest absolute Gasteiger partial charge is 0.326 e. The summed E-state index contributed by atoms with van der Waals surface area (Å²) in [6.45, 7) is 2.17. The lowest BCUT2D eigenvalue weighted by Gasteiger charge is -2.24. The summed E-state index contributed by atoms with van der Waals surface area (Å²) in [4.78, 5) is 0. The van der Waals surface area contributed by atoms with E-state index in [2.05, 4.69) is 19.1 Å². The second-order valence-corrected chi connectivity index (χ2v) is 7.14. The highest BCUT2D eigenvalue weighted by atomic mass is 35.5. The second kappa shape index (κ2) is 7.56. The van der Waals surface area contributed by atoms with Gasteiger partial charge in [-0.25, -0.2) is 0 Å². The normalized spacial score (nSPS) is 19.5. The van der Waals surface area contributed by atoms with Crippen LogP contribution < -0.4 is 5.73 Å². The van der Waals surface area contributed by atoms with E-state index < -0.39 is 0 Å². The van der Waals surface area contributed by atoms with Gasteiger partial charge in [-0.15, -0.1) is 0 Å². The number of hydrogen-bond donors (Lipinski definition) is 1. The molecule has 2 atom stereocenters. The monoisotopic (exact) mass is 297 g/mol. The van der Waals surface area contributed by atoms with Crippen LogP contribution in [0.15, 0.2) is 24.3 Å². The van der Waals surface area contributed by atoms with Crippen LogP contribution in [0, 0.1) is 5.92 Å². The molecule has 0 bridgehead atoms. The Morgan fingerprint density at radius 3 is 2.47 bits per heavy atom. The van der Waals surface area contributed by atoms with Crippen LogP contribution in [0.5, 0.6) is 0 Å². The molecule has 19 heavy (non-hydrogen) atoms. The smallest absolute Gasteiger partial charge is 0.0448 e. The van der Waals surface area contributed by atoms with E-state index in [0.717, 1.165) is 17.4 Å². The average Bonchev–Trinajstić information content (AvgIpc) is 2.93. The molecule has 1 nitrogen and oxygen atoms in total. The highest BCUT2D eigenvalue weighted by Crippen LogP contribution is 2.37. The number of halogens is 1. The van der Waals surface area contributed by atoms with E-state index in [-0.39, 0.29) is 6.04 Å². The summed E-state index contributed by atoms with van der Waals surface area (Å²) < 4.78 is 0. The summed E-state index contributed by atoms with van der Waals surface area (Å²) in [7, 11) is 0. The van der Waals surface area contributed by atoms with E-state index in [1.165, 1.54) is 37.0 Å². The number of thioether (sulfide) groups is 1. The number of rotatable bonds is 6. The predicted octanol–water partition coefficient (Wildman–Crippen LogP) is 5.04. The van der Waals surface area contributed by atoms with E-state index in [0.29, 0.717) is 5.25 Å². The Labute approximate surface area is 126 Å². The van der Waals surface area contributed by atoms with Crippen molar-refractivity contribution in [2.75, 3.05) is 5.75 Å². The zero-order chi connectivity index (χ0) is 13.7. The van der Waals surface area contributed by atoms with Gasteiger partial charge in [0.05, 0.1) is 0 Å². The van der Waals surface area contributed by atoms with E-state index in [1.54, 1.807) is 0 Å². The lowest BCUT2D eigenvalue weighted by molar-refractivity contribution is 0.607. The minimum Gasteiger partial charge on any atom is -0.326 e. The van der Waals surface area contributed by atoms with Crippen molar-refractivity contribution < 1.29 is 0 Å². The molecule has 0 heterocycles. The van der Waals surface area contributed by atoms with Gasteiger partial charge in [-0.1, -0.05) is 43.5 Å². The molecule has 106 valence electrons. The maximum atomic E-state index is 6.32. The van der Waals surface area contributed by atoms with Gasteiger partial charge in [0, 0.05) is 16.3 Å². The van der Waals surface area contributed by atoms with Crippen molar-refractivity contribution in [1.82, 2.24) is 0 Å². The van der Waals surface area contributed by atoms with E-state index in [9.17, 15) is 0 Å². The highest BCUT2D eigenvalue weighted by Gasteiger charge is 2.22. The van der Waals surface area contributed by atoms with Gasteiger partial charge in [0.2, 0.25) is 0 Å². The minimum atomic E-state index is 0.229. The molecular formula is C16H24ClNS. The molecule has 0 amide bonds. The zero-order valence-electron chi connectivity index (χ0n) is 11.6. The average molecular weight is 298 g/mol. The molecule has 1 aromatic carbocycles. The Morgan fingerprint density at radius 2 is 1.89 bits per heavy atom. The molecule has 0 spiro atoms. The third kappa shape index (κ3) is 4.40. The number of hydrogen-bond acceptors (Lipinski definition) is 2. The first-order valence-electron chi connectivity index (χ1n) is 7.33. The summed E-state index contributed by atoms with van der Waals surface area (Å²) in [5.74, 6) is 2.16. The van der Waals surface area contributed by atoms with Crippen LogP contribution >= 0.6 is 23.4 Å². The van der Waals surface area contributed by atoms with Gasteiger partial charge in [-0.3, -0.25) is 0 Å². The molecule has 0 aliphatic heterocycles. The van der Waals surface area contributed by atoms with Crippen molar-refractivity contribution in [2.24, 2.45) is 11.7 Å². The van der Waals surface area contributed by atoms with Crippen molar-refractivity contribution in [3.63, 3.8) is 0 Å². The zero-order valence-corrected chi connectivity index (χ0v) is 13.2. The second-order valence-electron chi connectivity index (χ2n) is 5.53. The SMILES string of the molecule is CCC(N)C(SCC1CCCC1)c1ccc(Cl)cc1. The third-order valence-electron chi connectivity index (χ3n) is 4.05. The van der Waals surface area contributed by atoms with Crippen molar-refractivity contribution in [3.8, 4) is 0 Å². The molecule has 0 radical (unpaired) electrons. The molecular weight excluding hydrogens is 274 g/mol. The van der Waals surface area contributed by atoms with Crippen LogP contribution in [0.25, 0.3) is 0 Å². The molecule has 2 N–H and O–H groups in total. The van der Waals surface area contributed by atoms with Crippen LogP contribution in [0.3, 0.4) is 0 Å². The van der Waals surface area contributed by atoms with Gasteiger partial charge >= 0.3 is 0 Å². The molecule has 3 heteroatoms. The molecule has 1 aliphatic carbocycles. The highest BCUT2D eigenvalue weighted by molar-refractivity contribution is 7.99. The lowest BCUT2D eigenvalue weighted by Crippen LogP contribution is -2.26. The Morgan fingerprint density at radius 1 is 1.26 bits per heavy atom. The summed E-state index contributed by atoms with van der Waals surface area (Å²) >= 11 is 8.01. The molecule has 1 aromatic rings. The Bertz CT molecular complexity index is 373. The molecule has 0 aromatic heterocycles. The van der Waals surface area contributed by atoms with Gasteiger partial charge in [0.1, 0.15) is 0 Å². The van der Waals surface area contributed by atoms with Crippen molar-refractivity contribution >= 4 is 23.4 Å². The summed E-state index contributed by atoms with van der Waals surface area (Å²) in [5, 5.41) is 1.20. The van der Waals surface area contributed by atoms with Crippen LogP contribution in [0.2, 0.25) is 5.02 Å². The molecule has 1 aliphatic rings. The van der Waals surface area contributed by atoms with Crippen molar-refractivity contribution in [1.29, 1.82) is 0 Å². The molecule has 0 saturated heterocycles. The van der Waals surface area contributed by atoms with Gasteiger partial charge in [-0.05, 0) is 48.6 Å². The van der Waals surface area contributed by atoms with Crippen LogP contribution in [-0.2, 0) is 0 Å². The fourth-order valence-corrected chi connectivity index (χ4v) is 4.48. The Hall–Kier alpha value is -0.180. The molecule has 1 saturated carbocycles. The first kappa shape index (κ1) is 15.2. The predicted molar refractivity (Wildman–Crippen MR) is 86.9 cm³/mol. The standard InChI is InChI=1S/C16H24ClNS/c1-2-15(18)16(13-7-9-14(17)10-8-13)19-11-12-5-3-4-6-12/h7-10,12,15-16H,2-6,11,18H2,1H3. The van der Waals surface area contributed by atoms with Crippen LogP contribution in [-0.4, -0.2) is 11.8 Å². The van der Waals surface area contributed by atoms with Gasteiger partial charge in [-0.2, -0.15) is 11.8 Å². The van der Waals surface area contributed by atoms with Gasteiger partial charge in [0.25, 0.3) is 0 Å².